The number of nitrogens with one attached hydrogen (secondary N) is 1. The molecule has 0 aliphatic heterocycles. The molecule has 20 heavy (non-hydrogen) atoms. The Balaban J connectivity index is 1.95. The number of thiophene rings is 1. The van der Waals surface area contributed by atoms with Crippen molar-refractivity contribution in [3.05, 3.63) is 46.6 Å². The molecule has 1 unspecified atom stereocenters. The Labute approximate surface area is 119 Å². The monoisotopic (exact) mass is 297 g/mol. The smallest absolute Gasteiger partial charge is 0.195 e. The largest absolute Gasteiger partial charge is 0.312 e. The van der Waals surface area contributed by atoms with Crippen molar-refractivity contribution in [1.82, 2.24) is 5.32 Å². The van der Waals surface area contributed by atoms with Crippen LogP contribution in [0.15, 0.2) is 24.3 Å². The molecule has 3 rings (SSSR count). The van der Waals surface area contributed by atoms with Crippen molar-refractivity contribution in [1.29, 1.82) is 0 Å². The second-order valence-electron chi connectivity index (χ2n) is 5.03. The first kappa shape index (κ1) is 13.6. The van der Waals surface area contributed by atoms with Crippen LogP contribution in [0.2, 0.25) is 0 Å². The summed E-state index contributed by atoms with van der Waals surface area (Å²) in [5.41, 5.74) is 0.116. The highest BCUT2D eigenvalue weighted by molar-refractivity contribution is 7.15. The zero-order chi connectivity index (χ0) is 14.3. The lowest BCUT2D eigenvalue weighted by molar-refractivity contribution is 0.449. The van der Waals surface area contributed by atoms with Crippen LogP contribution in [0.1, 0.15) is 23.8 Å². The molecule has 1 aromatic heterocycles. The van der Waals surface area contributed by atoms with Crippen LogP contribution in [-0.4, -0.2) is 7.05 Å². The first-order valence-electron chi connectivity index (χ1n) is 6.52. The van der Waals surface area contributed by atoms with Crippen LogP contribution >= 0.6 is 11.3 Å². The third-order valence-corrected chi connectivity index (χ3v) is 4.84. The van der Waals surface area contributed by atoms with Gasteiger partial charge in [-0.3, -0.25) is 0 Å². The molecule has 1 aliphatic carbocycles. The summed E-state index contributed by atoms with van der Waals surface area (Å²) >= 11 is 1.42. The molecule has 0 radical (unpaired) electrons. The summed E-state index contributed by atoms with van der Waals surface area (Å²) in [6.07, 6.45) is 2.39. The summed E-state index contributed by atoms with van der Waals surface area (Å²) in [6.45, 7) is 0. The fourth-order valence-corrected chi connectivity index (χ4v) is 3.65. The van der Waals surface area contributed by atoms with E-state index in [1.54, 1.807) is 6.07 Å². The molecular weight excluding hydrogens is 283 g/mol. The highest BCUT2D eigenvalue weighted by atomic mass is 32.1. The average Bonchev–Trinajstić information content (AvgIpc) is 3.16. The van der Waals surface area contributed by atoms with E-state index in [4.69, 9.17) is 0 Å². The van der Waals surface area contributed by atoms with Gasteiger partial charge in [-0.25, -0.2) is 13.2 Å². The van der Waals surface area contributed by atoms with Gasteiger partial charge < -0.3 is 5.32 Å². The van der Waals surface area contributed by atoms with E-state index >= 15 is 0 Å². The van der Waals surface area contributed by atoms with Gasteiger partial charge in [-0.1, -0.05) is 0 Å². The molecule has 1 atom stereocenters. The summed E-state index contributed by atoms with van der Waals surface area (Å²) < 4.78 is 40.0. The summed E-state index contributed by atoms with van der Waals surface area (Å²) in [4.78, 5) is 1.73. The average molecular weight is 297 g/mol. The fourth-order valence-electron chi connectivity index (χ4n) is 2.42. The first-order valence-corrected chi connectivity index (χ1v) is 7.34. The van der Waals surface area contributed by atoms with Gasteiger partial charge in [0, 0.05) is 21.4 Å². The van der Waals surface area contributed by atoms with Crippen LogP contribution in [0.5, 0.6) is 0 Å². The molecule has 5 heteroatoms. The van der Waals surface area contributed by atoms with E-state index in [0.29, 0.717) is 10.8 Å². The number of halogens is 3. The lowest BCUT2D eigenvalue weighted by Crippen LogP contribution is -2.16. The predicted octanol–water partition coefficient (Wildman–Crippen LogP) is 4.50. The van der Waals surface area contributed by atoms with Gasteiger partial charge >= 0.3 is 0 Å². The fraction of sp³-hybridized carbons (Fsp3) is 0.333. The van der Waals surface area contributed by atoms with Gasteiger partial charge in [0.15, 0.2) is 17.5 Å². The van der Waals surface area contributed by atoms with E-state index in [9.17, 15) is 13.2 Å². The van der Waals surface area contributed by atoms with Gasteiger partial charge in [-0.15, -0.1) is 11.3 Å². The molecule has 1 fully saturated rings. The van der Waals surface area contributed by atoms with Gasteiger partial charge in [0.2, 0.25) is 0 Å². The Morgan fingerprint density at radius 3 is 2.50 bits per heavy atom. The SMILES string of the molecule is CNC(c1ccc(-c2ccc(F)c(F)c2F)s1)C1CC1. The number of benzene rings is 1. The minimum Gasteiger partial charge on any atom is -0.312 e. The Morgan fingerprint density at radius 2 is 1.85 bits per heavy atom. The molecule has 2 aromatic rings. The van der Waals surface area contributed by atoms with Crippen LogP contribution in [0.25, 0.3) is 10.4 Å². The van der Waals surface area contributed by atoms with Crippen molar-refractivity contribution < 1.29 is 13.2 Å². The molecule has 0 amide bonds. The molecule has 0 saturated heterocycles. The quantitative estimate of drug-likeness (QED) is 0.819. The van der Waals surface area contributed by atoms with Crippen molar-refractivity contribution >= 4 is 11.3 Å². The second kappa shape index (κ2) is 5.22. The minimum atomic E-state index is -1.41. The topological polar surface area (TPSA) is 12.0 Å². The molecule has 1 heterocycles. The minimum absolute atomic E-state index is 0.116. The molecule has 106 valence electrons. The van der Waals surface area contributed by atoms with E-state index < -0.39 is 17.5 Å². The molecule has 1 N–H and O–H groups in total. The van der Waals surface area contributed by atoms with Crippen LogP contribution in [0.3, 0.4) is 0 Å². The predicted molar refractivity (Wildman–Crippen MR) is 74.2 cm³/mol. The molecule has 0 spiro atoms. The number of hydrogen-bond acceptors (Lipinski definition) is 2. The van der Waals surface area contributed by atoms with Gasteiger partial charge in [0.1, 0.15) is 0 Å². The lowest BCUT2D eigenvalue weighted by atomic mass is 10.1. The standard InChI is InChI=1S/C15H14F3NS/c1-19-15(8-2-3-8)12-7-6-11(20-12)9-4-5-10(16)14(18)13(9)17/h4-8,15,19H,2-3H2,1H3. The third kappa shape index (κ3) is 2.36. The Morgan fingerprint density at radius 1 is 1.10 bits per heavy atom. The van der Waals surface area contributed by atoms with Crippen LogP contribution in [-0.2, 0) is 0 Å². The first-order chi connectivity index (χ1) is 9.61. The van der Waals surface area contributed by atoms with Gasteiger partial charge in [-0.2, -0.15) is 0 Å². The van der Waals surface area contributed by atoms with Crippen LogP contribution in [0, 0.1) is 23.4 Å². The summed E-state index contributed by atoms with van der Waals surface area (Å²) in [7, 11) is 1.90. The number of rotatable bonds is 4. The normalized spacial score (nSPS) is 16.4. The van der Waals surface area contributed by atoms with Crippen LogP contribution < -0.4 is 5.32 Å². The summed E-state index contributed by atoms with van der Waals surface area (Å²) in [5, 5.41) is 3.26. The lowest BCUT2D eigenvalue weighted by Gasteiger charge is -2.12. The molecule has 1 nitrogen and oxygen atoms in total. The maximum absolute atomic E-state index is 13.8. The molecule has 1 aromatic carbocycles. The maximum Gasteiger partial charge on any atom is 0.195 e. The van der Waals surface area contributed by atoms with Gasteiger partial charge in [-0.05, 0) is 50.1 Å². The van der Waals surface area contributed by atoms with Crippen molar-refractivity contribution in [2.45, 2.75) is 18.9 Å². The molecular formula is C15H14F3NS. The van der Waals surface area contributed by atoms with Crippen molar-refractivity contribution in [3.63, 3.8) is 0 Å². The van der Waals surface area contributed by atoms with E-state index in [1.807, 2.05) is 13.1 Å². The zero-order valence-electron chi connectivity index (χ0n) is 10.9. The molecule has 1 aliphatic rings. The molecule has 1 saturated carbocycles. The van der Waals surface area contributed by atoms with Crippen LogP contribution in [0.4, 0.5) is 13.2 Å². The Bertz CT molecular complexity index is 634. The van der Waals surface area contributed by atoms with Gasteiger partial charge in [0.25, 0.3) is 0 Å². The van der Waals surface area contributed by atoms with Crippen molar-refractivity contribution in [2.24, 2.45) is 5.92 Å². The highest BCUT2D eigenvalue weighted by Gasteiger charge is 2.32. The zero-order valence-corrected chi connectivity index (χ0v) is 11.7. The number of hydrogen-bond donors (Lipinski definition) is 1. The molecule has 0 bridgehead atoms. The Kier molecular flexibility index (Phi) is 3.56. The third-order valence-electron chi connectivity index (χ3n) is 3.64. The van der Waals surface area contributed by atoms with E-state index in [0.717, 1.165) is 10.9 Å². The summed E-state index contributed by atoms with van der Waals surface area (Å²) in [5.74, 6) is -3.06. The summed E-state index contributed by atoms with van der Waals surface area (Å²) in [6, 6.07) is 6.21. The van der Waals surface area contributed by atoms with E-state index in [1.165, 1.54) is 30.2 Å². The van der Waals surface area contributed by atoms with Crippen molar-refractivity contribution in [2.75, 3.05) is 7.05 Å². The van der Waals surface area contributed by atoms with Gasteiger partial charge in [0.05, 0.1) is 0 Å². The maximum atomic E-state index is 13.8. The van der Waals surface area contributed by atoms with E-state index in [-0.39, 0.29) is 11.6 Å². The highest BCUT2D eigenvalue weighted by Crippen LogP contribution is 2.44. The van der Waals surface area contributed by atoms with Crippen molar-refractivity contribution in [3.8, 4) is 10.4 Å². The van der Waals surface area contributed by atoms with E-state index in [2.05, 4.69) is 5.32 Å². The second-order valence-corrected chi connectivity index (χ2v) is 6.14. The Hall–Kier alpha value is -1.33.